The van der Waals surface area contributed by atoms with Gasteiger partial charge in [-0.3, -0.25) is 4.40 Å². The molecule has 3 aromatic heterocycles. The quantitative estimate of drug-likeness (QED) is 0.539. The molecule has 1 aliphatic rings. The van der Waals surface area contributed by atoms with Crippen LogP contribution in [0.15, 0.2) is 54.9 Å². The van der Waals surface area contributed by atoms with Crippen LogP contribution in [-0.4, -0.2) is 32.6 Å². The molecule has 30 heavy (non-hydrogen) atoms. The molecule has 0 saturated carbocycles. The molecule has 0 radical (unpaired) electrons. The van der Waals surface area contributed by atoms with E-state index in [1.54, 1.807) is 36.4 Å². The van der Waals surface area contributed by atoms with Crippen LogP contribution in [0.4, 0.5) is 24.7 Å². The molecule has 0 spiro atoms. The Morgan fingerprint density at radius 2 is 1.80 bits per heavy atom. The molecule has 10 heteroatoms. The zero-order chi connectivity index (χ0) is 20.7. The zero-order valence-corrected chi connectivity index (χ0v) is 15.3. The largest absolute Gasteiger partial charge is 0.486 e. The van der Waals surface area contributed by atoms with Crippen LogP contribution in [0.3, 0.4) is 0 Å². The standard InChI is InChI=1S/C20H14F3N5O2/c21-20(22,23)18-17(28-8-2-1-3-16(28)27-18)19-24-7-6-15(26-19)25-12-4-5-13-14(11-12)30-10-9-29-13/h1-8,11H,9-10H2,(H,24,25,26). The second-order valence-electron chi connectivity index (χ2n) is 6.48. The van der Waals surface area contributed by atoms with E-state index >= 15 is 0 Å². The number of imidazole rings is 1. The molecule has 0 fully saturated rings. The number of fused-ring (bicyclic) bond motifs is 2. The molecule has 0 unspecified atom stereocenters. The summed E-state index contributed by atoms with van der Waals surface area (Å²) in [6, 6.07) is 11.6. The van der Waals surface area contributed by atoms with Gasteiger partial charge in [-0.15, -0.1) is 0 Å². The summed E-state index contributed by atoms with van der Waals surface area (Å²) in [6.07, 6.45) is -1.76. The normalized spacial score (nSPS) is 13.4. The number of halogens is 3. The Kier molecular flexibility index (Phi) is 4.19. The van der Waals surface area contributed by atoms with Gasteiger partial charge in [0.1, 0.15) is 30.4 Å². The van der Waals surface area contributed by atoms with Crippen LogP contribution in [0, 0.1) is 0 Å². The van der Waals surface area contributed by atoms with Crippen molar-refractivity contribution in [3.63, 3.8) is 0 Å². The van der Waals surface area contributed by atoms with E-state index in [1.807, 2.05) is 0 Å². The topological polar surface area (TPSA) is 73.6 Å². The van der Waals surface area contributed by atoms with E-state index in [0.717, 1.165) is 0 Å². The predicted molar refractivity (Wildman–Crippen MR) is 102 cm³/mol. The van der Waals surface area contributed by atoms with Crippen LogP contribution in [0.25, 0.3) is 17.2 Å². The van der Waals surface area contributed by atoms with Gasteiger partial charge < -0.3 is 14.8 Å². The van der Waals surface area contributed by atoms with Crippen LogP contribution in [0.1, 0.15) is 5.69 Å². The summed E-state index contributed by atoms with van der Waals surface area (Å²) in [6.45, 7) is 0.929. The fraction of sp³-hybridized carbons (Fsp3) is 0.150. The molecule has 1 aromatic carbocycles. The van der Waals surface area contributed by atoms with Gasteiger partial charge in [-0.25, -0.2) is 15.0 Å². The van der Waals surface area contributed by atoms with E-state index in [-0.39, 0.29) is 17.2 Å². The highest BCUT2D eigenvalue weighted by molar-refractivity contribution is 5.66. The minimum atomic E-state index is -4.65. The highest BCUT2D eigenvalue weighted by Gasteiger charge is 2.39. The monoisotopic (exact) mass is 413 g/mol. The van der Waals surface area contributed by atoms with Crippen molar-refractivity contribution in [2.24, 2.45) is 0 Å². The number of aromatic nitrogens is 4. The molecule has 4 aromatic rings. The number of nitrogens with one attached hydrogen (secondary N) is 1. The molecule has 0 atom stereocenters. The number of alkyl halides is 3. The third-order valence-electron chi connectivity index (χ3n) is 4.48. The second-order valence-corrected chi connectivity index (χ2v) is 6.48. The van der Waals surface area contributed by atoms with E-state index in [2.05, 4.69) is 20.3 Å². The summed E-state index contributed by atoms with van der Waals surface area (Å²) in [5, 5.41) is 3.07. The van der Waals surface area contributed by atoms with Gasteiger partial charge in [-0.05, 0) is 30.3 Å². The molecule has 0 aliphatic carbocycles. The van der Waals surface area contributed by atoms with Crippen LogP contribution >= 0.6 is 0 Å². The Balaban J connectivity index is 1.55. The van der Waals surface area contributed by atoms with Crippen molar-refractivity contribution in [2.75, 3.05) is 18.5 Å². The Hall–Kier alpha value is -3.82. The van der Waals surface area contributed by atoms with Gasteiger partial charge in [0.25, 0.3) is 0 Å². The summed E-state index contributed by atoms with van der Waals surface area (Å²) < 4.78 is 53.2. The molecule has 7 nitrogen and oxygen atoms in total. The lowest BCUT2D eigenvalue weighted by molar-refractivity contribution is -0.140. The number of pyridine rings is 1. The molecule has 0 bridgehead atoms. The first-order chi connectivity index (χ1) is 14.5. The Morgan fingerprint density at radius 3 is 2.63 bits per heavy atom. The highest BCUT2D eigenvalue weighted by Crippen LogP contribution is 2.37. The van der Waals surface area contributed by atoms with E-state index in [1.165, 1.54) is 22.9 Å². The van der Waals surface area contributed by atoms with Gasteiger partial charge >= 0.3 is 6.18 Å². The number of ether oxygens (including phenoxy) is 2. The van der Waals surface area contributed by atoms with Gasteiger partial charge in [-0.2, -0.15) is 13.2 Å². The minimum absolute atomic E-state index is 0.0939. The number of hydrogen-bond donors (Lipinski definition) is 1. The Labute approximate surface area is 168 Å². The molecule has 0 saturated heterocycles. The van der Waals surface area contributed by atoms with Crippen molar-refractivity contribution in [1.29, 1.82) is 0 Å². The first-order valence-corrected chi connectivity index (χ1v) is 9.03. The first-order valence-electron chi connectivity index (χ1n) is 9.03. The average Bonchev–Trinajstić information content (AvgIpc) is 3.14. The molecular formula is C20H14F3N5O2. The van der Waals surface area contributed by atoms with Gasteiger partial charge in [-0.1, -0.05) is 6.07 Å². The number of nitrogens with zero attached hydrogens (tertiary/aromatic N) is 4. The molecule has 1 N–H and O–H groups in total. The Bertz CT molecular complexity index is 1240. The van der Waals surface area contributed by atoms with Crippen LogP contribution < -0.4 is 14.8 Å². The van der Waals surface area contributed by atoms with Crippen molar-refractivity contribution < 1.29 is 22.6 Å². The average molecular weight is 413 g/mol. The molecule has 5 rings (SSSR count). The number of rotatable bonds is 3. The first kappa shape index (κ1) is 18.2. The van der Waals surface area contributed by atoms with Crippen LogP contribution in [0.2, 0.25) is 0 Å². The van der Waals surface area contributed by atoms with Crippen molar-refractivity contribution in [1.82, 2.24) is 19.4 Å². The van der Waals surface area contributed by atoms with E-state index in [4.69, 9.17) is 9.47 Å². The number of anilines is 2. The fourth-order valence-electron chi connectivity index (χ4n) is 3.22. The minimum Gasteiger partial charge on any atom is -0.486 e. The van der Waals surface area contributed by atoms with Gasteiger partial charge in [0.05, 0.1) is 0 Å². The Morgan fingerprint density at radius 1 is 0.967 bits per heavy atom. The smallest absolute Gasteiger partial charge is 0.435 e. The van der Waals surface area contributed by atoms with Gasteiger partial charge in [0.15, 0.2) is 23.0 Å². The second kappa shape index (κ2) is 6.90. The maximum absolute atomic E-state index is 13.6. The molecule has 1 aliphatic heterocycles. The summed E-state index contributed by atoms with van der Waals surface area (Å²) in [5.74, 6) is 1.46. The van der Waals surface area contributed by atoms with E-state index in [0.29, 0.717) is 36.2 Å². The third kappa shape index (κ3) is 3.25. The third-order valence-corrected chi connectivity index (χ3v) is 4.48. The van der Waals surface area contributed by atoms with Crippen molar-refractivity contribution in [3.05, 3.63) is 60.6 Å². The van der Waals surface area contributed by atoms with Gasteiger partial charge in [0.2, 0.25) is 0 Å². The van der Waals surface area contributed by atoms with Crippen LogP contribution in [0.5, 0.6) is 11.5 Å². The lowest BCUT2D eigenvalue weighted by Gasteiger charge is -2.19. The maximum Gasteiger partial charge on any atom is 0.435 e. The predicted octanol–water partition coefficient (Wildman–Crippen LogP) is 4.32. The highest BCUT2D eigenvalue weighted by atomic mass is 19.4. The van der Waals surface area contributed by atoms with Crippen molar-refractivity contribution in [3.8, 4) is 23.0 Å². The summed E-state index contributed by atoms with van der Waals surface area (Å²) in [5.41, 5.74) is -0.444. The fourth-order valence-corrected chi connectivity index (χ4v) is 3.22. The summed E-state index contributed by atoms with van der Waals surface area (Å²) in [4.78, 5) is 12.1. The SMILES string of the molecule is FC(F)(F)c1nc2ccccn2c1-c1nccc(Nc2ccc3c(c2)OCCO3)n1. The lowest BCUT2D eigenvalue weighted by atomic mass is 10.2. The number of benzene rings is 1. The number of hydrogen-bond acceptors (Lipinski definition) is 6. The maximum atomic E-state index is 13.6. The molecule has 4 heterocycles. The lowest BCUT2D eigenvalue weighted by Crippen LogP contribution is -2.15. The molecule has 152 valence electrons. The van der Waals surface area contributed by atoms with Gasteiger partial charge in [0, 0.05) is 24.1 Å². The van der Waals surface area contributed by atoms with E-state index in [9.17, 15) is 13.2 Å². The summed E-state index contributed by atoms with van der Waals surface area (Å²) in [7, 11) is 0. The van der Waals surface area contributed by atoms with Crippen LogP contribution in [-0.2, 0) is 6.18 Å². The summed E-state index contributed by atoms with van der Waals surface area (Å²) >= 11 is 0. The molecule has 0 amide bonds. The van der Waals surface area contributed by atoms with Crippen molar-refractivity contribution >= 4 is 17.2 Å². The van der Waals surface area contributed by atoms with Crippen molar-refractivity contribution in [2.45, 2.75) is 6.18 Å². The molecular weight excluding hydrogens is 399 g/mol. The zero-order valence-electron chi connectivity index (χ0n) is 15.3. The van der Waals surface area contributed by atoms with E-state index < -0.39 is 11.9 Å².